The van der Waals surface area contributed by atoms with E-state index in [0.717, 1.165) is 17.1 Å². The number of hydrogen-bond donors (Lipinski definition) is 2. The van der Waals surface area contributed by atoms with E-state index in [1.807, 2.05) is 6.08 Å². The smallest absolute Gasteiger partial charge is 0.216 e. The SMILES string of the molecule is NS(=O)(=O)NCC1=CCCS1. The molecule has 0 spiro atoms. The molecule has 1 heterocycles. The van der Waals surface area contributed by atoms with Crippen molar-refractivity contribution in [3.05, 3.63) is 11.0 Å². The number of nitrogens with one attached hydrogen (secondary N) is 1. The third-order valence-electron chi connectivity index (χ3n) is 1.22. The van der Waals surface area contributed by atoms with Crippen LogP contribution in [0.2, 0.25) is 0 Å². The molecular formula is C5H10N2O2S2. The zero-order valence-corrected chi connectivity index (χ0v) is 7.54. The van der Waals surface area contributed by atoms with Crippen LogP contribution in [0.25, 0.3) is 0 Å². The molecule has 11 heavy (non-hydrogen) atoms. The Kier molecular flexibility index (Phi) is 2.94. The van der Waals surface area contributed by atoms with Crippen molar-refractivity contribution < 1.29 is 8.42 Å². The lowest BCUT2D eigenvalue weighted by molar-refractivity contribution is 0.587. The zero-order valence-electron chi connectivity index (χ0n) is 5.91. The van der Waals surface area contributed by atoms with Gasteiger partial charge in [0.2, 0.25) is 0 Å². The topological polar surface area (TPSA) is 72.2 Å². The summed E-state index contributed by atoms with van der Waals surface area (Å²) in [6, 6.07) is 0. The van der Waals surface area contributed by atoms with Gasteiger partial charge in [-0.15, -0.1) is 11.8 Å². The van der Waals surface area contributed by atoms with Crippen LogP contribution in [0.15, 0.2) is 11.0 Å². The maximum Gasteiger partial charge on any atom is 0.274 e. The van der Waals surface area contributed by atoms with Gasteiger partial charge in [0.05, 0.1) is 0 Å². The lowest BCUT2D eigenvalue weighted by Gasteiger charge is -2.00. The molecule has 0 unspecified atom stereocenters. The number of rotatable bonds is 3. The first-order chi connectivity index (χ1) is 5.08. The molecular weight excluding hydrogens is 184 g/mol. The molecule has 0 aromatic rings. The lowest BCUT2D eigenvalue weighted by atomic mass is 10.4. The average molecular weight is 194 g/mol. The van der Waals surface area contributed by atoms with Gasteiger partial charge in [0.25, 0.3) is 10.2 Å². The minimum absolute atomic E-state index is 0.337. The molecule has 0 aromatic heterocycles. The van der Waals surface area contributed by atoms with Crippen molar-refractivity contribution in [1.82, 2.24) is 4.72 Å². The van der Waals surface area contributed by atoms with E-state index in [1.165, 1.54) is 0 Å². The normalized spacial score (nSPS) is 18.5. The summed E-state index contributed by atoms with van der Waals surface area (Å²) in [5.74, 6) is 1.04. The third kappa shape index (κ3) is 3.76. The Morgan fingerprint density at radius 3 is 2.91 bits per heavy atom. The fourth-order valence-corrected chi connectivity index (χ4v) is 2.12. The fraction of sp³-hybridized carbons (Fsp3) is 0.600. The molecule has 0 aliphatic carbocycles. The highest BCUT2D eigenvalue weighted by molar-refractivity contribution is 8.03. The Bertz CT molecular complexity index is 258. The molecule has 4 nitrogen and oxygen atoms in total. The standard InChI is InChI=1S/C5H10N2O2S2/c6-11(8,9)7-4-5-2-1-3-10-5/h2,7H,1,3-4H2,(H2,6,8,9). The summed E-state index contributed by atoms with van der Waals surface area (Å²) in [5.41, 5.74) is 0. The van der Waals surface area contributed by atoms with E-state index >= 15 is 0 Å². The largest absolute Gasteiger partial charge is 0.274 e. The van der Waals surface area contributed by atoms with E-state index in [1.54, 1.807) is 11.8 Å². The summed E-state index contributed by atoms with van der Waals surface area (Å²) >= 11 is 1.66. The second kappa shape index (κ2) is 3.57. The molecule has 3 N–H and O–H groups in total. The minimum Gasteiger partial charge on any atom is -0.216 e. The second-order valence-electron chi connectivity index (χ2n) is 2.17. The molecule has 1 aliphatic rings. The highest BCUT2D eigenvalue weighted by atomic mass is 32.2. The van der Waals surface area contributed by atoms with E-state index in [2.05, 4.69) is 4.72 Å². The molecule has 0 amide bonds. The Labute approximate surface area is 70.4 Å². The third-order valence-corrected chi connectivity index (χ3v) is 2.89. The first kappa shape index (κ1) is 9.05. The van der Waals surface area contributed by atoms with Crippen LogP contribution < -0.4 is 9.86 Å². The van der Waals surface area contributed by atoms with Gasteiger partial charge in [-0.25, -0.2) is 5.14 Å². The van der Waals surface area contributed by atoms with E-state index in [4.69, 9.17) is 5.14 Å². The molecule has 0 atom stereocenters. The van der Waals surface area contributed by atoms with Crippen molar-refractivity contribution in [1.29, 1.82) is 0 Å². The van der Waals surface area contributed by atoms with Crippen LogP contribution >= 0.6 is 11.8 Å². The Hall–Kier alpha value is -0.0400. The van der Waals surface area contributed by atoms with Crippen LogP contribution in [0.4, 0.5) is 0 Å². The minimum atomic E-state index is -3.52. The summed E-state index contributed by atoms with van der Waals surface area (Å²) in [6.07, 6.45) is 3.04. The van der Waals surface area contributed by atoms with E-state index in [9.17, 15) is 8.42 Å². The van der Waals surface area contributed by atoms with Gasteiger partial charge in [0.15, 0.2) is 0 Å². The van der Waals surface area contributed by atoms with Crippen molar-refractivity contribution in [3.8, 4) is 0 Å². The number of allylic oxidation sites excluding steroid dienone is 1. The summed E-state index contributed by atoms with van der Waals surface area (Å²) in [5, 5.41) is 4.74. The molecule has 0 radical (unpaired) electrons. The number of nitrogens with two attached hydrogens (primary N) is 1. The van der Waals surface area contributed by atoms with Gasteiger partial charge in [-0.05, 0) is 11.3 Å². The van der Waals surface area contributed by atoms with Crippen molar-refractivity contribution in [2.75, 3.05) is 12.3 Å². The molecule has 64 valence electrons. The highest BCUT2D eigenvalue weighted by Crippen LogP contribution is 2.23. The van der Waals surface area contributed by atoms with Crippen molar-refractivity contribution in [2.45, 2.75) is 6.42 Å². The fourth-order valence-electron chi connectivity index (χ4n) is 0.764. The van der Waals surface area contributed by atoms with Gasteiger partial charge < -0.3 is 0 Å². The molecule has 0 bridgehead atoms. The van der Waals surface area contributed by atoms with Crippen molar-refractivity contribution in [3.63, 3.8) is 0 Å². The molecule has 0 fully saturated rings. The second-order valence-corrected chi connectivity index (χ2v) is 4.77. The van der Waals surface area contributed by atoms with Gasteiger partial charge in [-0.1, -0.05) is 6.08 Å². The summed E-state index contributed by atoms with van der Waals surface area (Å²) in [6.45, 7) is 0.337. The molecule has 0 aromatic carbocycles. The summed E-state index contributed by atoms with van der Waals surface area (Å²) in [7, 11) is -3.52. The lowest BCUT2D eigenvalue weighted by Crippen LogP contribution is -2.31. The number of hydrogen-bond acceptors (Lipinski definition) is 3. The zero-order chi connectivity index (χ0) is 8.32. The van der Waals surface area contributed by atoms with E-state index in [0.29, 0.717) is 6.54 Å². The van der Waals surface area contributed by atoms with Crippen LogP contribution in [-0.4, -0.2) is 20.7 Å². The van der Waals surface area contributed by atoms with Crippen LogP contribution in [0.5, 0.6) is 0 Å². The molecule has 1 rings (SSSR count). The van der Waals surface area contributed by atoms with Crippen LogP contribution in [0, 0.1) is 0 Å². The average Bonchev–Trinajstić information content (AvgIpc) is 2.32. The molecule has 1 aliphatic heterocycles. The first-order valence-corrected chi connectivity index (χ1v) is 5.70. The quantitative estimate of drug-likeness (QED) is 0.653. The van der Waals surface area contributed by atoms with Crippen molar-refractivity contribution >= 4 is 22.0 Å². The Morgan fingerprint density at radius 2 is 2.45 bits per heavy atom. The summed E-state index contributed by atoms with van der Waals surface area (Å²) in [4.78, 5) is 1.05. The highest BCUT2D eigenvalue weighted by Gasteiger charge is 2.07. The monoisotopic (exact) mass is 194 g/mol. The van der Waals surface area contributed by atoms with Gasteiger partial charge in [-0.3, -0.25) is 0 Å². The van der Waals surface area contributed by atoms with Crippen LogP contribution in [0.3, 0.4) is 0 Å². The maximum atomic E-state index is 10.4. The molecule has 0 saturated carbocycles. The predicted octanol–water partition coefficient (Wildman–Crippen LogP) is -0.200. The van der Waals surface area contributed by atoms with Crippen LogP contribution in [-0.2, 0) is 10.2 Å². The van der Waals surface area contributed by atoms with Crippen molar-refractivity contribution in [2.24, 2.45) is 5.14 Å². The summed E-state index contributed by atoms with van der Waals surface area (Å²) < 4.78 is 23.1. The molecule has 0 saturated heterocycles. The Morgan fingerprint density at radius 1 is 1.73 bits per heavy atom. The van der Waals surface area contributed by atoms with Gasteiger partial charge >= 0.3 is 0 Å². The predicted molar refractivity (Wildman–Crippen MR) is 46.3 cm³/mol. The van der Waals surface area contributed by atoms with E-state index in [-0.39, 0.29) is 0 Å². The Balaban J connectivity index is 2.33. The van der Waals surface area contributed by atoms with Crippen LogP contribution in [0.1, 0.15) is 6.42 Å². The van der Waals surface area contributed by atoms with E-state index < -0.39 is 10.2 Å². The molecule has 6 heteroatoms. The first-order valence-electron chi connectivity index (χ1n) is 3.17. The number of thioether (sulfide) groups is 1. The van der Waals surface area contributed by atoms with Gasteiger partial charge in [0.1, 0.15) is 0 Å². The van der Waals surface area contributed by atoms with Gasteiger partial charge in [-0.2, -0.15) is 13.1 Å². The van der Waals surface area contributed by atoms with Gasteiger partial charge in [0, 0.05) is 12.3 Å². The maximum absolute atomic E-state index is 10.4.